The normalized spacial score (nSPS) is 10.9. The monoisotopic (exact) mass is 247 g/mol. The largest absolute Gasteiger partial charge is 0.382 e. The van der Waals surface area contributed by atoms with Gasteiger partial charge in [-0.3, -0.25) is 0 Å². The summed E-state index contributed by atoms with van der Waals surface area (Å²) in [6.45, 7) is 2.59. The highest BCUT2D eigenvalue weighted by Gasteiger charge is 2.00. The van der Waals surface area contributed by atoms with Gasteiger partial charge in [0.1, 0.15) is 0 Å². The van der Waals surface area contributed by atoms with Crippen LogP contribution in [0.1, 0.15) is 12.1 Å². The highest BCUT2D eigenvalue weighted by molar-refractivity contribution is 6.17. The minimum atomic E-state index is 0.615. The van der Waals surface area contributed by atoms with E-state index >= 15 is 0 Å². The van der Waals surface area contributed by atoms with Crippen LogP contribution in [0.25, 0.3) is 0 Å². The van der Waals surface area contributed by atoms with Crippen molar-refractivity contribution in [3.63, 3.8) is 0 Å². The molecule has 1 aromatic rings. The number of aromatic nitrogens is 3. The van der Waals surface area contributed by atoms with Crippen LogP contribution in [0.5, 0.6) is 0 Å². The van der Waals surface area contributed by atoms with Crippen LogP contribution in [0.4, 0.5) is 0 Å². The van der Waals surface area contributed by atoms with Gasteiger partial charge in [0.05, 0.1) is 32.1 Å². The van der Waals surface area contributed by atoms with E-state index in [2.05, 4.69) is 10.3 Å². The Bertz CT molecular complexity index is 281. The predicted molar refractivity (Wildman–Crippen MR) is 61.8 cm³/mol. The molecule has 0 aliphatic carbocycles. The standard InChI is InChI=1S/C10H18ClN3O2/c1-15-7-8-16-6-5-14-9-10(12-13-14)3-2-4-11/h9H,2-8H2,1H3. The van der Waals surface area contributed by atoms with Crippen LogP contribution >= 0.6 is 11.6 Å². The molecule has 0 N–H and O–H groups in total. The zero-order valence-electron chi connectivity index (χ0n) is 9.56. The maximum absolute atomic E-state index is 5.60. The minimum Gasteiger partial charge on any atom is -0.382 e. The van der Waals surface area contributed by atoms with Crippen LogP contribution in [0.3, 0.4) is 0 Å². The average molecular weight is 248 g/mol. The third-order valence-electron chi connectivity index (χ3n) is 2.05. The lowest BCUT2D eigenvalue weighted by molar-refractivity contribution is 0.0652. The van der Waals surface area contributed by atoms with E-state index in [9.17, 15) is 0 Å². The molecule has 6 heteroatoms. The van der Waals surface area contributed by atoms with Gasteiger partial charge in [-0.15, -0.1) is 16.7 Å². The van der Waals surface area contributed by atoms with E-state index < -0.39 is 0 Å². The van der Waals surface area contributed by atoms with E-state index in [1.54, 1.807) is 11.8 Å². The Morgan fingerprint density at radius 3 is 3.00 bits per heavy atom. The Morgan fingerprint density at radius 1 is 1.38 bits per heavy atom. The molecule has 0 aliphatic heterocycles. The molecule has 0 radical (unpaired) electrons. The molecule has 16 heavy (non-hydrogen) atoms. The fourth-order valence-corrected chi connectivity index (χ4v) is 1.35. The molecule has 0 unspecified atom stereocenters. The SMILES string of the molecule is COCCOCCn1cc(CCCCl)nn1. The van der Waals surface area contributed by atoms with Crippen molar-refractivity contribution in [1.82, 2.24) is 15.0 Å². The van der Waals surface area contributed by atoms with Crippen molar-refractivity contribution in [3.8, 4) is 0 Å². The number of rotatable bonds is 9. The van der Waals surface area contributed by atoms with Crippen LogP contribution < -0.4 is 0 Å². The molecule has 0 fully saturated rings. The number of hydrogen-bond acceptors (Lipinski definition) is 4. The first kappa shape index (κ1) is 13.4. The Morgan fingerprint density at radius 2 is 2.25 bits per heavy atom. The van der Waals surface area contributed by atoms with Gasteiger partial charge >= 0.3 is 0 Å². The van der Waals surface area contributed by atoms with Crippen molar-refractivity contribution < 1.29 is 9.47 Å². The molecule has 0 saturated carbocycles. The summed E-state index contributed by atoms with van der Waals surface area (Å²) in [5.74, 6) is 0.660. The molecule has 0 aromatic carbocycles. The molecule has 92 valence electrons. The topological polar surface area (TPSA) is 49.2 Å². The molecule has 5 nitrogen and oxygen atoms in total. The maximum Gasteiger partial charge on any atom is 0.0827 e. The Kier molecular flexibility index (Phi) is 7.12. The molecule has 0 atom stereocenters. The average Bonchev–Trinajstić information content (AvgIpc) is 2.74. The number of alkyl halides is 1. The molecule has 0 aliphatic rings. The van der Waals surface area contributed by atoms with Crippen molar-refractivity contribution in [2.24, 2.45) is 0 Å². The van der Waals surface area contributed by atoms with Gasteiger partial charge in [0.25, 0.3) is 0 Å². The van der Waals surface area contributed by atoms with Gasteiger partial charge < -0.3 is 9.47 Å². The summed E-state index contributed by atoms with van der Waals surface area (Å²) in [6, 6.07) is 0. The van der Waals surface area contributed by atoms with E-state index in [1.165, 1.54) is 0 Å². The first-order valence-electron chi connectivity index (χ1n) is 5.38. The third kappa shape index (κ3) is 5.44. The van der Waals surface area contributed by atoms with Gasteiger partial charge in [0, 0.05) is 19.2 Å². The summed E-state index contributed by atoms with van der Waals surface area (Å²) in [7, 11) is 1.66. The summed E-state index contributed by atoms with van der Waals surface area (Å²) in [4.78, 5) is 0. The lowest BCUT2D eigenvalue weighted by Gasteiger charge is -2.02. The van der Waals surface area contributed by atoms with Gasteiger partial charge in [0.2, 0.25) is 0 Å². The van der Waals surface area contributed by atoms with Crippen LogP contribution in [0, 0.1) is 0 Å². The van der Waals surface area contributed by atoms with Crippen molar-refractivity contribution in [1.29, 1.82) is 0 Å². The number of nitrogens with zero attached hydrogens (tertiary/aromatic N) is 3. The van der Waals surface area contributed by atoms with E-state index in [4.69, 9.17) is 21.1 Å². The zero-order chi connectivity index (χ0) is 11.6. The molecular weight excluding hydrogens is 230 g/mol. The molecule has 0 spiro atoms. The van der Waals surface area contributed by atoms with E-state index in [0.717, 1.165) is 25.1 Å². The number of ether oxygens (including phenoxy) is 2. The highest BCUT2D eigenvalue weighted by atomic mass is 35.5. The number of methoxy groups -OCH3 is 1. The zero-order valence-corrected chi connectivity index (χ0v) is 10.3. The third-order valence-corrected chi connectivity index (χ3v) is 2.32. The first-order chi connectivity index (χ1) is 7.86. The number of halogens is 1. The van der Waals surface area contributed by atoms with E-state index in [0.29, 0.717) is 25.7 Å². The predicted octanol–water partition coefficient (Wildman–Crippen LogP) is 1.11. The first-order valence-corrected chi connectivity index (χ1v) is 5.92. The fourth-order valence-electron chi connectivity index (χ4n) is 1.21. The van der Waals surface area contributed by atoms with Gasteiger partial charge in [-0.05, 0) is 12.8 Å². The maximum atomic E-state index is 5.60. The van der Waals surface area contributed by atoms with Crippen LogP contribution in [0.2, 0.25) is 0 Å². The second-order valence-corrected chi connectivity index (χ2v) is 3.75. The van der Waals surface area contributed by atoms with Crippen molar-refractivity contribution >= 4 is 11.6 Å². The molecule has 0 amide bonds. The van der Waals surface area contributed by atoms with Gasteiger partial charge in [0.15, 0.2) is 0 Å². The smallest absolute Gasteiger partial charge is 0.0827 e. The van der Waals surface area contributed by atoms with Crippen molar-refractivity contribution in [2.75, 3.05) is 32.8 Å². The molecule has 0 saturated heterocycles. The van der Waals surface area contributed by atoms with Crippen LogP contribution in [-0.2, 0) is 22.4 Å². The quantitative estimate of drug-likeness (QED) is 0.485. The van der Waals surface area contributed by atoms with Crippen LogP contribution in [0.15, 0.2) is 6.20 Å². The number of aryl methyl sites for hydroxylation is 1. The molecule has 1 heterocycles. The lowest BCUT2D eigenvalue weighted by atomic mass is 10.3. The lowest BCUT2D eigenvalue weighted by Crippen LogP contribution is -2.09. The summed E-state index contributed by atoms with van der Waals surface area (Å²) in [5.41, 5.74) is 0.984. The van der Waals surface area contributed by atoms with Crippen molar-refractivity contribution in [3.05, 3.63) is 11.9 Å². The molecule has 1 aromatic heterocycles. The van der Waals surface area contributed by atoms with Crippen molar-refractivity contribution in [2.45, 2.75) is 19.4 Å². The Balaban J connectivity index is 2.14. The molecular formula is C10H18ClN3O2. The summed E-state index contributed by atoms with van der Waals surface area (Å²) >= 11 is 5.60. The fraction of sp³-hybridized carbons (Fsp3) is 0.800. The Hall–Kier alpha value is -0.650. The summed E-state index contributed by atoms with van der Waals surface area (Å²) in [6.07, 6.45) is 3.75. The van der Waals surface area contributed by atoms with E-state index in [1.807, 2.05) is 6.20 Å². The summed E-state index contributed by atoms with van der Waals surface area (Å²) < 4.78 is 12.0. The second kappa shape index (κ2) is 8.50. The van der Waals surface area contributed by atoms with Gasteiger partial charge in [-0.25, -0.2) is 4.68 Å². The Labute approximate surface area is 101 Å². The summed E-state index contributed by atoms with van der Waals surface area (Å²) in [5, 5.41) is 8.04. The van der Waals surface area contributed by atoms with Gasteiger partial charge in [-0.2, -0.15) is 0 Å². The van der Waals surface area contributed by atoms with Gasteiger partial charge in [-0.1, -0.05) is 5.21 Å². The van der Waals surface area contributed by atoms with Crippen LogP contribution in [-0.4, -0.2) is 47.8 Å². The minimum absolute atomic E-state index is 0.615. The molecule has 1 rings (SSSR count). The molecule has 0 bridgehead atoms. The number of hydrogen-bond donors (Lipinski definition) is 0. The van der Waals surface area contributed by atoms with E-state index in [-0.39, 0.29) is 0 Å². The second-order valence-electron chi connectivity index (χ2n) is 3.37. The highest BCUT2D eigenvalue weighted by Crippen LogP contribution is 1.99.